The number of aromatic amines is 1. The van der Waals surface area contributed by atoms with Crippen molar-refractivity contribution in [2.45, 2.75) is 51.6 Å². The fourth-order valence-corrected chi connectivity index (χ4v) is 3.98. The van der Waals surface area contributed by atoms with Crippen LogP contribution in [0.4, 0.5) is 0 Å². The number of aromatic nitrogens is 1. The monoisotopic (exact) mass is 349 g/mol. The molecule has 4 heteroatoms. The molecule has 1 heterocycles. The molecule has 0 saturated carbocycles. The van der Waals surface area contributed by atoms with Gasteiger partial charge < -0.3 is 15.6 Å². The van der Waals surface area contributed by atoms with Gasteiger partial charge in [0, 0.05) is 23.1 Å². The smallest absolute Gasteiger partial charge is 0.234 e. The van der Waals surface area contributed by atoms with E-state index in [0.717, 1.165) is 6.42 Å². The summed E-state index contributed by atoms with van der Waals surface area (Å²) in [5.41, 5.74) is 6.65. The lowest BCUT2D eigenvalue weighted by Crippen LogP contribution is -2.39. The van der Waals surface area contributed by atoms with Crippen LogP contribution < -0.4 is 10.6 Å². The average molecular weight is 349 g/mol. The minimum absolute atomic E-state index is 0.0488. The summed E-state index contributed by atoms with van der Waals surface area (Å²) in [5, 5.41) is 7.69. The molecule has 0 spiro atoms. The van der Waals surface area contributed by atoms with Gasteiger partial charge in [0.25, 0.3) is 0 Å². The van der Waals surface area contributed by atoms with Gasteiger partial charge in [0.2, 0.25) is 5.91 Å². The molecule has 0 radical (unpaired) electrons. The molecule has 136 valence electrons. The molecule has 0 saturated heterocycles. The molecule has 1 aromatic carbocycles. The third-order valence-corrected chi connectivity index (χ3v) is 5.41. The van der Waals surface area contributed by atoms with Gasteiger partial charge in [-0.05, 0) is 62.3 Å². The van der Waals surface area contributed by atoms with E-state index in [1.165, 1.54) is 59.0 Å². The Balaban J connectivity index is 1.32. The van der Waals surface area contributed by atoms with E-state index in [2.05, 4.69) is 59.0 Å². The lowest BCUT2D eigenvalue weighted by molar-refractivity contribution is -0.120. The first kappa shape index (κ1) is 17.1. The van der Waals surface area contributed by atoms with E-state index in [1.54, 1.807) is 0 Å². The minimum Gasteiger partial charge on any atom is -0.358 e. The highest BCUT2D eigenvalue weighted by atomic mass is 16.1. The maximum Gasteiger partial charge on any atom is 0.234 e. The Kier molecular flexibility index (Phi) is 4.93. The van der Waals surface area contributed by atoms with Gasteiger partial charge >= 0.3 is 0 Å². The summed E-state index contributed by atoms with van der Waals surface area (Å²) in [5.74, 6) is 0.0488. The summed E-state index contributed by atoms with van der Waals surface area (Å²) in [6.07, 6.45) is 12.1. The van der Waals surface area contributed by atoms with Crippen molar-refractivity contribution < 1.29 is 4.79 Å². The molecule has 0 bridgehead atoms. The molecule has 1 amide bonds. The number of nitrogens with one attached hydrogen (secondary N) is 3. The number of H-pyrrole nitrogens is 1. The largest absolute Gasteiger partial charge is 0.358 e. The van der Waals surface area contributed by atoms with Crippen LogP contribution in [0.2, 0.25) is 0 Å². The van der Waals surface area contributed by atoms with E-state index in [9.17, 15) is 4.79 Å². The van der Waals surface area contributed by atoms with Crippen LogP contribution in [0.1, 0.15) is 43.0 Å². The van der Waals surface area contributed by atoms with Crippen molar-refractivity contribution in [1.82, 2.24) is 15.6 Å². The summed E-state index contributed by atoms with van der Waals surface area (Å²) < 4.78 is 0. The molecule has 4 nitrogen and oxygen atoms in total. The van der Waals surface area contributed by atoms with E-state index < -0.39 is 0 Å². The molecule has 26 heavy (non-hydrogen) atoms. The molecule has 0 aliphatic heterocycles. The van der Waals surface area contributed by atoms with E-state index in [-0.39, 0.29) is 11.9 Å². The standard InChI is InChI=1S/C22H27N3O/c1-15-6-9-17(10-7-15)24-22(26)14-23-13-16-8-11-21-19(12-16)18-4-2-3-5-20(18)25-21/h6-9,11-12,17,23,25H,2-5,10,13-14H2,1H3,(H,24,26). The Hall–Kier alpha value is -2.33. The molecular weight excluding hydrogens is 322 g/mol. The van der Waals surface area contributed by atoms with E-state index in [4.69, 9.17) is 0 Å². The van der Waals surface area contributed by atoms with Crippen LogP contribution in [0, 0.1) is 0 Å². The number of carbonyl (C=O) groups is 1. The lowest BCUT2D eigenvalue weighted by atomic mass is 9.95. The Bertz CT molecular complexity index is 875. The second kappa shape index (κ2) is 7.50. The Morgan fingerprint density at radius 3 is 3.00 bits per heavy atom. The van der Waals surface area contributed by atoms with Crippen LogP contribution in [0.15, 0.2) is 42.0 Å². The van der Waals surface area contributed by atoms with Crippen LogP contribution in [0.25, 0.3) is 10.9 Å². The van der Waals surface area contributed by atoms with Crippen LogP contribution in [0.3, 0.4) is 0 Å². The predicted octanol–water partition coefficient (Wildman–Crippen LogP) is 3.53. The fraction of sp³-hybridized carbons (Fsp3) is 0.409. The average Bonchev–Trinajstić information content (AvgIpc) is 3.02. The first-order valence-electron chi connectivity index (χ1n) is 9.66. The van der Waals surface area contributed by atoms with Gasteiger partial charge in [0.15, 0.2) is 0 Å². The topological polar surface area (TPSA) is 56.9 Å². The van der Waals surface area contributed by atoms with Crippen molar-refractivity contribution in [2.75, 3.05) is 6.54 Å². The third kappa shape index (κ3) is 3.75. The van der Waals surface area contributed by atoms with Crippen LogP contribution in [-0.2, 0) is 24.2 Å². The van der Waals surface area contributed by atoms with Gasteiger partial charge in [0.05, 0.1) is 12.6 Å². The normalized spacial score (nSPS) is 19.3. The highest BCUT2D eigenvalue weighted by molar-refractivity contribution is 5.85. The SMILES string of the molecule is CC1=CCC(NC(=O)CNCc2ccc3[nH]c4c(c3c2)CCCC4)C=C1. The van der Waals surface area contributed by atoms with Crippen molar-refractivity contribution in [3.8, 4) is 0 Å². The number of carbonyl (C=O) groups excluding carboxylic acids is 1. The van der Waals surface area contributed by atoms with E-state index in [1.807, 2.05) is 0 Å². The first-order chi connectivity index (χ1) is 12.7. The van der Waals surface area contributed by atoms with Gasteiger partial charge in [-0.15, -0.1) is 0 Å². The van der Waals surface area contributed by atoms with Crippen molar-refractivity contribution >= 4 is 16.8 Å². The van der Waals surface area contributed by atoms with Crippen molar-refractivity contribution in [3.63, 3.8) is 0 Å². The third-order valence-electron chi connectivity index (χ3n) is 5.41. The molecule has 1 unspecified atom stereocenters. The Morgan fingerprint density at radius 1 is 1.27 bits per heavy atom. The maximum absolute atomic E-state index is 12.1. The number of rotatable bonds is 5. The highest BCUT2D eigenvalue weighted by Crippen LogP contribution is 2.29. The van der Waals surface area contributed by atoms with E-state index in [0.29, 0.717) is 13.1 Å². The number of hydrogen-bond donors (Lipinski definition) is 3. The number of aryl methyl sites for hydroxylation is 2. The van der Waals surface area contributed by atoms with Gasteiger partial charge in [-0.1, -0.05) is 29.9 Å². The van der Waals surface area contributed by atoms with Crippen LogP contribution in [-0.4, -0.2) is 23.5 Å². The predicted molar refractivity (Wildman–Crippen MR) is 106 cm³/mol. The molecule has 0 fully saturated rings. The number of hydrogen-bond acceptors (Lipinski definition) is 2. The summed E-state index contributed by atoms with van der Waals surface area (Å²) in [7, 11) is 0. The molecule has 1 atom stereocenters. The molecular formula is C22H27N3O. The fourth-order valence-electron chi connectivity index (χ4n) is 3.98. The molecule has 2 aromatic rings. The first-order valence-corrected chi connectivity index (χ1v) is 9.66. The van der Waals surface area contributed by atoms with Crippen molar-refractivity contribution in [1.29, 1.82) is 0 Å². The summed E-state index contributed by atoms with van der Waals surface area (Å²) in [6.45, 7) is 3.13. The quantitative estimate of drug-likeness (QED) is 0.773. The second-order valence-electron chi connectivity index (χ2n) is 7.49. The highest BCUT2D eigenvalue weighted by Gasteiger charge is 2.15. The zero-order valence-electron chi connectivity index (χ0n) is 15.4. The molecule has 4 rings (SSSR count). The second-order valence-corrected chi connectivity index (χ2v) is 7.49. The van der Waals surface area contributed by atoms with Gasteiger partial charge in [0.1, 0.15) is 0 Å². The number of benzene rings is 1. The van der Waals surface area contributed by atoms with Crippen LogP contribution >= 0.6 is 0 Å². The number of fused-ring (bicyclic) bond motifs is 3. The Labute approximate surface area is 154 Å². The molecule has 2 aliphatic carbocycles. The summed E-state index contributed by atoms with van der Waals surface area (Å²) in [6, 6.07) is 6.72. The van der Waals surface area contributed by atoms with Crippen LogP contribution in [0.5, 0.6) is 0 Å². The molecule has 3 N–H and O–H groups in total. The maximum atomic E-state index is 12.1. The minimum atomic E-state index is 0.0488. The van der Waals surface area contributed by atoms with Gasteiger partial charge in [-0.2, -0.15) is 0 Å². The van der Waals surface area contributed by atoms with Crippen molar-refractivity contribution in [2.24, 2.45) is 0 Å². The molecule has 1 aromatic heterocycles. The number of allylic oxidation sites excluding steroid dienone is 2. The summed E-state index contributed by atoms with van der Waals surface area (Å²) in [4.78, 5) is 15.7. The van der Waals surface area contributed by atoms with Gasteiger partial charge in [-0.3, -0.25) is 4.79 Å². The van der Waals surface area contributed by atoms with Gasteiger partial charge in [-0.25, -0.2) is 0 Å². The van der Waals surface area contributed by atoms with Crippen molar-refractivity contribution in [3.05, 3.63) is 58.8 Å². The number of amides is 1. The zero-order chi connectivity index (χ0) is 17.9. The van der Waals surface area contributed by atoms with E-state index >= 15 is 0 Å². The zero-order valence-corrected chi connectivity index (χ0v) is 15.4. The Morgan fingerprint density at radius 2 is 2.15 bits per heavy atom. The summed E-state index contributed by atoms with van der Waals surface area (Å²) >= 11 is 0. The molecule has 2 aliphatic rings. The lowest BCUT2D eigenvalue weighted by Gasteiger charge is -2.17.